The van der Waals surface area contributed by atoms with E-state index in [0.29, 0.717) is 25.0 Å². The van der Waals surface area contributed by atoms with E-state index in [1.165, 1.54) is 37.7 Å². The van der Waals surface area contributed by atoms with Crippen LogP contribution in [-0.2, 0) is 17.9 Å². The fraction of sp³-hybridized carbons (Fsp3) is 0.591. The van der Waals surface area contributed by atoms with Gasteiger partial charge in [-0.3, -0.25) is 4.79 Å². The lowest BCUT2D eigenvalue weighted by Gasteiger charge is -2.24. The van der Waals surface area contributed by atoms with E-state index in [1.807, 2.05) is 29.4 Å². The van der Waals surface area contributed by atoms with Gasteiger partial charge >= 0.3 is 0 Å². The first-order valence-electron chi connectivity index (χ1n) is 10.7. The van der Waals surface area contributed by atoms with E-state index in [9.17, 15) is 4.79 Å². The Balaban J connectivity index is 1.30. The molecule has 0 radical (unpaired) electrons. The molecule has 1 saturated heterocycles. The Morgan fingerprint density at radius 2 is 1.86 bits per heavy atom. The van der Waals surface area contributed by atoms with Crippen molar-refractivity contribution < 1.29 is 4.79 Å². The maximum Gasteiger partial charge on any atom is 0.222 e. The summed E-state index contributed by atoms with van der Waals surface area (Å²) >= 11 is 0. The summed E-state index contributed by atoms with van der Waals surface area (Å²) in [6.45, 7) is 2.25. The summed E-state index contributed by atoms with van der Waals surface area (Å²) in [6.07, 6.45) is 10.8. The number of hydrogen-bond donors (Lipinski definition) is 1. The molecule has 1 aromatic carbocycles. The van der Waals surface area contributed by atoms with Gasteiger partial charge in [0, 0.05) is 31.6 Å². The number of amides is 1. The van der Waals surface area contributed by atoms with Gasteiger partial charge in [0.05, 0.1) is 6.54 Å². The zero-order valence-electron chi connectivity index (χ0n) is 16.6. The Morgan fingerprint density at radius 3 is 2.68 bits per heavy atom. The summed E-state index contributed by atoms with van der Waals surface area (Å²) in [5.41, 5.74) is 1.20. The molecule has 1 N–H and O–H groups in total. The molecule has 2 aliphatic rings. The lowest BCUT2D eigenvalue weighted by Crippen LogP contribution is -2.32. The number of likely N-dealkylation sites (tertiary alicyclic amines) is 1. The van der Waals surface area contributed by atoms with Crippen molar-refractivity contribution in [3.63, 3.8) is 0 Å². The third-order valence-electron chi connectivity index (χ3n) is 6.19. The van der Waals surface area contributed by atoms with Crippen LogP contribution in [0.15, 0.2) is 36.7 Å². The SMILES string of the molecule is O=C1CCC(NCc2nncn2C2CCCCC2)CCN1Cc1ccccc1. The molecule has 6 nitrogen and oxygen atoms in total. The highest BCUT2D eigenvalue weighted by atomic mass is 16.2. The van der Waals surface area contributed by atoms with Crippen LogP contribution in [0.1, 0.15) is 68.8 Å². The van der Waals surface area contributed by atoms with Gasteiger partial charge < -0.3 is 14.8 Å². The molecule has 150 valence electrons. The zero-order chi connectivity index (χ0) is 19.2. The minimum Gasteiger partial charge on any atom is -0.338 e. The van der Waals surface area contributed by atoms with Crippen molar-refractivity contribution in [2.45, 2.75) is 76.5 Å². The Kier molecular flexibility index (Phi) is 6.37. The fourth-order valence-electron chi connectivity index (χ4n) is 4.50. The highest BCUT2D eigenvalue weighted by molar-refractivity contribution is 5.76. The van der Waals surface area contributed by atoms with Gasteiger partial charge in [-0.1, -0.05) is 49.6 Å². The Bertz CT molecular complexity index is 753. The second kappa shape index (κ2) is 9.32. The normalized spacial score (nSPS) is 21.6. The number of hydrogen-bond acceptors (Lipinski definition) is 4. The van der Waals surface area contributed by atoms with Crippen molar-refractivity contribution >= 4 is 5.91 Å². The van der Waals surface area contributed by atoms with E-state index in [2.05, 4.69) is 32.2 Å². The number of rotatable bonds is 6. The molecule has 0 spiro atoms. The van der Waals surface area contributed by atoms with Crippen LogP contribution in [0.2, 0.25) is 0 Å². The van der Waals surface area contributed by atoms with Crippen LogP contribution in [0, 0.1) is 0 Å². The molecule has 28 heavy (non-hydrogen) atoms. The van der Waals surface area contributed by atoms with E-state index in [0.717, 1.165) is 31.8 Å². The Morgan fingerprint density at radius 1 is 1.04 bits per heavy atom. The third kappa shape index (κ3) is 4.79. The van der Waals surface area contributed by atoms with Gasteiger partial charge in [-0.25, -0.2) is 0 Å². The standard InChI is InChI=1S/C22H31N5O/c28-22-12-11-19(13-14-26(22)16-18-7-3-1-4-8-18)23-15-21-25-24-17-27(21)20-9-5-2-6-10-20/h1,3-4,7-8,17,19-20,23H,2,5-6,9-16H2. The molecule has 1 aliphatic heterocycles. The largest absolute Gasteiger partial charge is 0.338 e. The van der Waals surface area contributed by atoms with Crippen molar-refractivity contribution in [2.24, 2.45) is 0 Å². The highest BCUT2D eigenvalue weighted by Crippen LogP contribution is 2.28. The molecule has 1 aromatic heterocycles. The van der Waals surface area contributed by atoms with Crippen molar-refractivity contribution in [1.82, 2.24) is 25.0 Å². The van der Waals surface area contributed by atoms with Gasteiger partial charge in [-0.15, -0.1) is 10.2 Å². The quantitative estimate of drug-likeness (QED) is 0.832. The molecule has 2 heterocycles. The van der Waals surface area contributed by atoms with Crippen molar-refractivity contribution in [3.05, 3.63) is 48.0 Å². The molecule has 1 amide bonds. The van der Waals surface area contributed by atoms with Gasteiger partial charge in [0.1, 0.15) is 12.2 Å². The van der Waals surface area contributed by atoms with Crippen molar-refractivity contribution in [3.8, 4) is 0 Å². The molecule has 1 saturated carbocycles. The third-order valence-corrected chi connectivity index (χ3v) is 6.19. The van der Waals surface area contributed by atoms with Crippen LogP contribution < -0.4 is 5.32 Å². The first-order valence-corrected chi connectivity index (χ1v) is 10.7. The summed E-state index contributed by atoms with van der Waals surface area (Å²) in [5.74, 6) is 1.29. The molecular weight excluding hydrogens is 350 g/mol. The van der Waals surface area contributed by atoms with Gasteiger partial charge in [-0.2, -0.15) is 0 Å². The first-order chi connectivity index (χ1) is 13.8. The average Bonchev–Trinajstić information content (AvgIpc) is 3.15. The van der Waals surface area contributed by atoms with Crippen LogP contribution in [0.4, 0.5) is 0 Å². The Hall–Kier alpha value is -2.21. The summed E-state index contributed by atoms with van der Waals surface area (Å²) in [6, 6.07) is 11.2. The predicted molar refractivity (Wildman–Crippen MR) is 108 cm³/mol. The number of carbonyl (C=O) groups excluding carboxylic acids is 1. The number of carbonyl (C=O) groups is 1. The molecule has 1 unspecified atom stereocenters. The van der Waals surface area contributed by atoms with Crippen LogP contribution in [-0.4, -0.2) is 38.2 Å². The fourth-order valence-corrected chi connectivity index (χ4v) is 4.50. The number of nitrogens with zero attached hydrogens (tertiary/aromatic N) is 4. The first kappa shape index (κ1) is 19.1. The number of aromatic nitrogens is 3. The van der Waals surface area contributed by atoms with Gasteiger partial charge in [-0.05, 0) is 31.2 Å². The maximum atomic E-state index is 12.5. The number of nitrogens with one attached hydrogen (secondary N) is 1. The van der Waals surface area contributed by atoms with Crippen molar-refractivity contribution in [1.29, 1.82) is 0 Å². The zero-order valence-corrected chi connectivity index (χ0v) is 16.6. The molecule has 4 rings (SSSR count). The smallest absolute Gasteiger partial charge is 0.222 e. The molecule has 2 fully saturated rings. The van der Waals surface area contributed by atoms with Crippen LogP contribution in [0.25, 0.3) is 0 Å². The Labute approximate surface area is 167 Å². The van der Waals surface area contributed by atoms with E-state index in [4.69, 9.17) is 0 Å². The van der Waals surface area contributed by atoms with E-state index >= 15 is 0 Å². The molecule has 6 heteroatoms. The summed E-state index contributed by atoms with van der Waals surface area (Å²) in [7, 11) is 0. The minimum absolute atomic E-state index is 0.263. The molecule has 0 bridgehead atoms. The predicted octanol–water partition coefficient (Wildman–Crippen LogP) is 3.45. The molecule has 1 aliphatic carbocycles. The van der Waals surface area contributed by atoms with Crippen LogP contribution in [0.3, 0.4) is 0 Å². The summed E-state index contributed by atoms with van der Waals surface area (Å²) in [5, 5.41) is 12.2. The summed E-state index contributed by atoms with van der Waals surface area (Å²) < 4.78 is 2.27. The lowest BCUT2D eigenvalue weighted by molar-refractivity contribution is -0.131. The van der Waals surface area contributed by atoms with E-state index in [-0.39, 0.29) is 5.91 Å². The van der Waals surface area contributed by atoms with Crippen molar-refractivity contribution in [2.75, 3.05) is 6.54 Å². The van der Waals surface area contributed by atoms with Gasteiger partial charge in [0.2, 0.25) is 5.91 Å². The second-order valence-electron chi connectivity index (χ2n) is 8.15. The van der Waals surface area contributed by atoms with Crippen LogP contribution in [0.5, 0.6) is 0 Å². The van der Waals surface area contributed by atoms with Crippen LogP contribution >= 0.6 is 0 Å². The minimum atomic E-state index is 0.263. The topological polar surface area (TPSA) is 63.1 Å². The molecular formula is C22H31N5O. The number of benzene rings is 1. The highest BCUT2D eigenvalue weighted by Gasteiger charge is 2.23. The van der Waals surface area contributed by atoms with E-state index in [1.54, 1.807) is 0 Å². The molecule has 2 aromatic rings. The average molecular weight is 382 g/mol. The maximum absolute atomic E-state index is 12.5. The van der Waals surface area contributed by atoms with E-state index < -0.39 is 0 Å². The lowest BCUT2D eigenvalue weighted by atomic mass is 9.95. The van der Waals surface area contributed by atoms with Gasteiger partial charge in [0.15, 0.2) is 0 Å². The van der Waals surface area contributed by atoms with Gasteiger partial charge in [0.25, 0.3) is 0 Å². The monoisotopic (exact) mass is 381 g/mol. The summed E-state index contributed by atoms with van der Waals surface area (Å²) in [4.78, 5) is 14.5. The molecule has 1 atom stereocenters. The second-order valence-corrected chi connectivity index (χ2v) is 8.15.